The van der Waals surface area contributed by atoms with Crippen LogP contribution in [0, 0.1) is 17.8 Å². The van der Waals surface area contributed by atoms with Crippen molar-refractivity contribution < 1.29 is 0 Å². The Balaban J connectivity index is 3.26. The quantitative estimate of drug-likeness (QED) is 0.397. The standard InChI is InChI=1S/C16H34/c1-6-15(4)11-7-8-12-16(5)13-9-10-14(2)3/h14-16H,6-13H2,1-5H3. The summed E-state index contributed by atoms with van der Waals surface area (Å²) in [5.41, 5.74) is 0. The highest BCUT2D eigenvalue weighted by Gasteiger charge is 2.04. The average Bonchev–Trinajstić information content (AvgIpc) is 2.23. The fourth-order valence-corrected chi connectivity index (χ4v) is 2.21. The summed E-state index contributed by atoms with van der Waals surface area (Å²) in [7, 11) is 0. The summed E-state index contributed by atoms with van der Waals surface area (Å²) in [6, 6.07) is 0. The molecule has 0 aromatic carbocycles. The average molecular weight is 226 g/mol. The molecule has 16 heavy (non-hydrogen) atoms. The second-order valence-electron chi connectivity index (χ2n) is 6.23. The van der Waals surface area contributed by atoms with Gasteiger partial charge in [0.15, 0.2) is 0 Å². The number of unbranched alkanes of at least 4 members (excludes halogenated alkanes) is 1. The minimum absolute atomic E-state index is 0.887. The lowest BCUT2D eigenvalue weighted by molar-refractivity contribution is 0.404. The van der Waals surface area contributed by atoms with E-state index in [1.54, 1.807) is 0 Å². The van der Waals surface area contributed by atoms with Crippen LogP contribution in [-0.4, -0.2) is 0 Å². The van der Waals surface area contributed by atoms with Gasteiger partial charge in [-0.3, -0.25) is 0 Å². The summed E-state index contributed by atoms with van der Waals surface area (Å²) in [6.45, 7) is 11.8. The van der Waals surface area contributed by atoms with Crippen LogP contribution in [0.4, 0.5) is 0 Å². The highest BCUT2D eigenvalue weighted by Crippen LogP contribution is 2.19. The summed E-state index contributed by atoms with van der Waals surface area (Å²) in [5, 5.41) is 0. The van der Waals surface area contributed by atoms with Gasteiger partial charge in [0.25, 0.3) is 0 Å². The van der Waals surface area contributed by atoms with Gasteiger partial charge in [-0.15, -0.1) is 0 Å². The van der Waals surface area contributed by atoms with Gasteiger partial charge in [-0.25, -0.2) is 0 Å². The van der Waals surface area contributed by atoms with Crippen LogP contribution >= 0.6 is 0 Å². The van der Waals surface area contributed by atoms with Crippen molar-refractivity contribution in [3.63, 3.8) is 0 Å². The molecule has 0 radical (unpaired) electrons. The first-order chi connectivity index (χ1) is 7.56. The van der Waals surface area contributed by atoms with E-state index in [9.17, 15) is 0 Å². The largest absolute Gasteiger partial charge is 0.0651 e. The number of hydrogen-bond acceptors (Lipinski definition) is 0. The van der Waals surface area contributed by atoms with Crippen molar-refractivity contribution in [2.75, 3.05) is 0 Å². The van der Waals surface area contributed by atoms with Crippen molar-refractivity contribution in [1.29, 1.82) is 0 Å². The Morgan fingerprint density at radius 2 is 1.12 bits per heavy atom. The maximum atomic E-state index is 2.43. The van der Waals surface area contributed by atoms with E-state index >= 15 is 0 Å². The topological polar surface area (TPSA) is 0 Å². The minimum atomic E-state index is 0.887. The molecule has 0 amide bonds. The van der Waals surface area contributed by atoms with Gasteiger partial charge in [0.2, 0.25) is 0 Å². The summed E-state index contributed by atoms with van der Waals surface area (Å²) in [5.74, 6) is 2.78. The minimum Gasteiger partial charge on any atom is -0.0651 e. The van der Waals surface area contributed by atoms with Crippen molar-refractivity contribution in [3.8, 4) is 0 Å². The van der Waals surface area contributed by atoms with E-state index < -0.39 is 0 Å². The van der Waals surface area contributed by atoms with E-state index in [1.165, 1.54) is 51.4 Å². The maximum Gasteiger partial charge on any atom is -0.0443 e. The second-order valence-corrected chi connectivity index (χ2v) is 6.23. The molecule has 0 heteroatoms. The molecule has 98 valence electrons. The van der Waals surface area contributed by atoms with E-state index in [0.29, 0.717) is 0 Å². The highest BCUT2D eigenvalue weighted by molar-refractivity contribution is 4.57. The predicted octanol–water partition coefficient (Wildman–Crippen LogP) is 6.06. The molecule has 0 nitrogen and oxygen atoms in total. The molecule has 0 aromatic rings. The van der Waals surface area contributed by atoms with Crippen molar-refractivity contribution in [3.05, 3.63) is 0 Å². The van der Waals surface area contributed by atoms with Gasteiger partial charge in [0, 0.05) is 0 Å². The van der Waals surface area contributed by atoms with Gasteiger partial charge in [0.05, 0.1) is 0 Å². The summed E-state index contributed by atoms with van der Waals surface area (Å²) >= 11 is 0. The smallest absolute Gasteiger partial charge is 0.0443 e. The molecular weight excluding hydrogens is 192 g/mol. The molecule has 2 unspecified atom stereocenters. The highest BCUT2D eigenvalue weighted by atomic mass is 14.1. The van der Waals surface area contributed by atoms with Crippen molar-refractivity contribution in [2.45, 2.75) is 86.0 Å². The first-order valence-electron chi connectivity index (χ1n) is 7.56. The molecular formula is C16H34. The molecule has 0 saturated carbocycles. The maximum absolute atomic E-state index is 2.43. The lowest BCUT2D eigenvalue weighted by Gasteiger charge is -2.13. The Morgan fingerprint density at radius 3 is 1.62 bits per heavy atom. The van der Waals surface area contributed by atoms with Gasteiger partial charge < -0.3 is 0 Å². The van der Waals surface area contributed by atoms with E-state index in [2.05, 4.69) is 34.6 Å². The van der Waals surface area contributed by atoms with Crippen LogP contribution in [0.2, 0.25) is 0 Å². The van der Waals surface area contributed by atoms with E-state index in [4.69, 9.17) is 0 Å². The van der Waals surface area contributed by atoms with Crippen LogP contribution in [0.1, 0.15) is 86.0 Å². The Labute approximate surface area is 104 Å². The van der Waals surface area contributed by atoms with Gasteiger partial charge in [-0.2, -0.15) is 0 Å². The summed E-state index contributed by atoms with van der Waals surface area (Å²) in [6.07, 6.45) is 11.4. The molecule has 0 spiro atoms. The number of rotatable bonds is 10. The monoisotopic (exact) mass is 226 g/mol. The molecule has 0 aliphatic carbocycles. The fraction of sp³-hybridized carbons (Fsp3) is 1.00. The first kappa shape index (κ1) is 16.0. The zero-order valence-electron chi connectivity index (χ0n) is 12.4. The van der Waals surface area contributed by atoms with Crippen LogP contribution in [0.15, 0.2) is 0 Å². The third-order valence-electron chi connectivity index (χ3n) is 3.82. The van der Waals surface area contributed by atoms with Crippen LogP contribution in [0.25, 0.3) is 0 Å². The summed E-state index contributed by atoms with van der Waals surface area (Å²) in [4.78, 5) is 0. The molecule has 0 aliphatic rings. The SMILES string of the molecule is CCC(C)CCCCC(C)CCCC(C)C. The van der Waals surface area contributed by atoms with Gasteiger partial charge in [-0.1, -0.05) is 86.0 Å². The van der Waals surface area contributed by atoms with Crippen LogP contribution in [0.5, 0.6) is 0 Å². The molecule has 0 fully saturated rings. The molecule has 0 bridgehead atoms. The van der Waals surface area contributed by atoms with Gasteiger partial charge in [0.1, 0.15) is 0 Å². The first-order valence-corrected chi connectivity index (χ1v) is 7.56. The van der Waals surface area contributed by atoms with Crippen LogP contribution < -0.4 is 0 Å². The van der Waals surface area contributed by atoms with Crippen LogP contribution in [0.3, 0.4) is 0 Å². The Hall–Kier alpha value is 0. The summed E-state index contributed by atoms with van der Waals surface area (Å²) < 4.78 is 0. The zero-order chi connectivity index (χ0) is 12.4. The molecule has 0 aliphatic heterocycles. The molecule has 0 aromatic heterocycles. The van der Waals surface area contributed by atoms with Crippen molar-refractivity contribution in [1.82, 2.24) is 0 Å². The Bertz CT molecular complexity index is 137. The number of hydrogen-bond donors (Lipinski definition) is 0. The lowest BCUT2D eigenvalue weighted by Crippen LogP contribution is -1.98. The zero-order valence-corrected chi connectivity index (χ0v) is 12.4. The van der Waals surface area contributed by atoms with E-state index in [0.717, 1.165) is 17.8 Å². The van der Waals surface area contributed by atoms with Gasteiger partial charge in [-0.05, 0) is 17.8 Å². The van der Waals surface area contributed by atoms with Crippen molar-refractivity contribution in [2.24, 2.45) is 17.8 Å². The third-order valence-corrected chi connectivity index (χ3v) is 3.82. The second kappa shape index (κ2) is 10.2. The molecule has 0 heterocycles. The molecule has 0 rings (SSSR count). The molecule has 2 atom stereocenters. The van der Waals surface area contributed by atoms with Crippen LogP contribution in [-0.2, 0) is 0 Å². The third kappa shape index (κ3) is 10.5. The normalized spacial score (nSPS) is 15.4. The van der Waals surface area contributed by atoms with Gasteiger partial charge >= 0.3 is 0 Å². The molecule has 0 saturated heterocycles. The molecule has 0 N–H and O–H groups in total. The predicted molar refractivity (Wildman–Crippen MR) is 75.8 cm³/mol. The Kier molecular flexibility index (Phi) is 10.2. The lowest BCUT2D eigenvalue weighted by atomic mass is 9.93. The van der Waals surface area contributed by atoms with E-state index in [-0.39, 0.29) is 0 Å². The van der Waals surface area contributed by atoms with E-state index in [1.807, 2.05) is 0 Å². The van der Waals surface area contributed by atoms with Crippen molar-refractivity contribution >= 4 is 0 Å². The fourth-order valence-electron chi connectivity index (χ4n) is 2.21. The Morgan fingerprint density at radius 1 is 0.625 bits per heavy atom.